The first kappa shape index (κ1) is 17.9. The van der Waals surface area contributed by atoms with Gasteiger partial charge in [0.15, 0.2) is 11.5 Å². The maximum atomic E-state index is 12.6. The van der Waals surface area contributed by atoms with Crippen molar-refractivity contribution in [3.05, 3.63) is 63.8 Å². The summed E-state index contributed by atoms with van der Waals surface area (Å²) in [5.41, 5.74) is -0.233. The van der Waals surface area contributed by atoms with E-state index in [-0.39, 0.29) is 21.9 Å². The van der Waals surface area contributed by atoms with Crippen molar-refractivity contribution in [3.63, 3.8) is 0 Å². The molecule has 1 aromatic heterocycles. The third-order valence-corrected chi connectivity index (χ3v) is 5.07. The maximum Gasteiger partial charge on any atom is 0.339 e. The van der Waals surface area contributed by atoms with Gasteiger partial charge < -0.3 is 8.92 Å². The molecule has 0 amide bonds. The molecule has 134 valence electrons. The lowest BCUT2D eigenvalue weighted by Gasteiger charge is -2.10. The molecule has 0 aliphatic rings. The fraction of sp³-hybridized carbons (Fsp3) is 0.0625. The minimum absolute atomic E-state index is 0.0385. The van der Waals surface area contributed by atoms with E-state index in [0.29, 0.717) is 10.4 Å². The Morgan fingerprint density at radius 3 is 2.58 bits per heavy atom. The Hall–Kier alpha value is -2.91. The number of benzene rings is 2. The number of fused-ring (bicyclic) bond motifs is 1. The fourth-order valence-electron chi connectivity index (χ4n) is 2.31. The van der Waals surface area contributed by atoms with E-state index in [1.54, 1.807) is 12.1 Å². The number of nitro groups is 1. The van der Waals surface area contributed by atoms with Gasteiger partial charge in [0.05, 0.1) is 17.1 Å². The van der Waals surface area contributed by atoms with Crippen molar-refractivity contribution in [2.45, 2.75) is 4.90 Å². The molecule has 0 aliphatic carbocycles. The van der Waals surface area contributed by atoms with Crippen molar-refractivity contribution in [2.75, 3.05) is 7.11 Å². The smallest absolute Gasteiger partial charge is 0.339 e. The van der Waals surface area contributed by atoms with Crippen LogP contribution in [0, 0.1) is 10.1 Å². The Bertz CT molecular complexity index is 1120. The normalized spacial score (nSPS) is 11.3. The van der Waals surface area contributed by atoms with E-state index in [1.165, 1.54) is 31.5 Å². The van der Waals surface area contributed by atoms with Crippen molar-refractivity contribution in [1.82, 2.24) is 4.98 Å². The molecular weight excluding hydrogens is 384 g/mol. The first-order valence-electron chi connectivity index (χ1n) is 7.13. The zero-order valence-corrected chi connectivity index (χ0v) is 14.8. The summed E-state index contributed by atoms with van der Waals surface area (Å²) in [4.78, 5) is 14.1. The van der Waals surface area contributed by atoms with Crippen LogP contribution in [-0.2, 0) is 10.1 Å². The second-order valence-electron chi connectivity index (χ2n) is 5.07. The molecule has 0 radical (unpaired) electrons. The molecule has 2 aromatic carbocycles. The first-order valence-corrected chi connectivity index (χ1v) is 8.92. The topological polar surface area (TPSA) is 109 Å². The Morgan fingerprint density at radius 1 is 1.15 bits per heavy atom. The minimum Gasteiger partial charge on any atom is -0.490 e. The largest absolute Gasteiger partial charge is 0.490 e. The van der Waals surface area contributed by atoms with E-state index in [0.717, 1.165) is 12.1 Å². The number of aromatic nitrogens is 1. The third-order valence-electron chi connectivity index (χ3n) is 3.51. The van der Waals surface area contributed by atoms with Crippen molar-refractivity contribution in [2.24, 2.45) is 0 Å². The van der Waals surface area contributed by atoms with Crippen LogP contribution in [0.3, 0.4) is 0 Å². The highest BCUT2D eigenvalue weighted by atomic mass is 35.5. The van der Waals surface area contributed by atoms with Crippen molar-refractivity contribution >= 4 is 38.3 Å². The van der Waals surface area contributed by atoms with E-state index in [1.807, 2.05) is 0 Å². The Kier molecular flexibility index (Phi) is 4.66. The molecule has 0 N–H and O–H groups in total. The van der Waals surface area contributed by atoms with Crippen LogP contribution in [0.2, 0.25) is 5.02 Å². The molecule has 3 aromatic rings. The summed E-state index contributed by atoms with van der Waals surface area (Å²) >= 11 is 6.07. The number of hydrogen-bond acceptors (Lipinski definition) is 7. The Labute approximate surface area is 153 Å². The predicted molar refractivity (Wildman–Crippen MR) is 94.2 cm³/mol. The van der Waals surface area contributed by atoms with Gasteiger partial charge in [0.1, 0.15) is 10.4 Å². The summed E-state index contributed by atoms with van der Waals surface area (Å²) < 4.78 is 35.1. The van der Waals surface area contributed by atoms with E-state index in [9.17, 15) is 18.5 Å². The summed E-state index contributed by atoms with van der Waals surface area (Å²) in [6.45, 7) is 0. The quantitative estimate of drug-likeness (QED) is 0.369. The molecule has 0 saturated carbocycles. The Balaban J connectivity index is 2.07. The molecule has 3 rings (SSSR count). The van der Waals surface area contributed by atoms with E-state index in [2.05, 4.69) is 4.98 Å². The van der Waals surface area contributed by atoms with E-state index >= 15 is 0 Å². The molecular formula is C16H11ClN2O6S. The second kappa shape index (κ2) is 6.77. The van der Waals surface area contributed by atoms with E-state index < -0.39 is 20.7 Å². The van der Waals surface area contributed by atoms with Crippen molar-refractivity contribution in [1.29, 1.82) is 0 Å². The average molecular weight is 395 g/mol. The SMILES string of the molecule is COc1ccc(S(=O)(=O)Oc2ccc(Cl)c3cccnc23)cc1[N+](=O)[O-]. The fourth-order valence-corrected chi connectivity index (χ4v) is 3.49. The van der Waals surface area contributed by atoms with Crippen LogP contribution in [0.25, 0.3) is 10.9 Å². The van der Waals surface area contributed by atoms with Crippen LogP contribution in [-0.4, -0.2) is 25.4 Å². The van der Waals surface area contributed by atoms with Gasteiger partial charge in [0.25, 0.3) is 0 Å². The molecule has 0 unspecified atom stereocenters. The van der Waals surface area contributed by atoms with Gasteiger partial charge in [-0.2, -0.15) is 8.42 Å². The number of nitrogens with zero attached hydrogens (tertiary/aromatic N) is 2. The minimum atomic E-state index is -4.34. The van der Waals surface area contributed by atoms with Crippen molar-refractivity contribution < 1.29 is 22.3 Å². The Morgan fingerprint density at radius 2 is 1.88 bits per heavy atom. The zero-order chi connectivity index (χ0) is 18.9. The predicted octanol–water partition coefficient (Wildman–Crippen LogP) is 3.57. The summed E-state index contributed by atoms with van der Waals surface area (Å²) in [6, 6.07) is 9.39. The van der Waals surface area contributed by atoms with Gasteiger partial charge >= 0.3 is 15.8 Å². The van der Waals surface area contributed by atoms with Gasteiger partial charge in [-0.25, -0.2) is 0 Å². The van der Waals surface area contributed by atoms with Gasteiger partial charge in [-0.05, 0) is 36.4 Å². The number of hydrogen-bond donors (Lipinski definition) is 0. The van der Waals surface area contributed by atoms with Crippen LogP contribution in [0.4, 0.5) is 5.69 Å². The molecule has 8 nitrogen and oxygen atoms in total. The molecule has 0 fully saturated rings. The summed E-state index contributed by atoms with van der Waals surface area (Å²) in [6.07, 6.45) is 1.47. The second-order valence-corrected chi connectivity index (χ2v) is 7.03. The molecule has 1 heterocycles. The lowest BCUT2D eigenvalue weighted by atomic mass is 10.2. The summed E-state index contributed by atoms with van der Waals surface area (Å²) in [5.74, 6) is -0.101. The van der Waals surface area contributed by atoms with Gasteiger partial charge in [0, 0.05) is 17.6 Å². The molecule has 0 saturated heterocycles. The van der Waals surface area contributed by atoms with E-state index in [4.69, 9.17) is 20.5 Å². The highest BCUT2D eigenvalue weighted by Gasteiger charge is 2.24. The number of nitro benzene ring substituents is 1. The highest BCUT2D eigenvalue weighted by Crippen LogP contribution is 2.33. The van der Waals surface area contributed by atoms with Crippen LogP contribution in [0.15, 0.2) is 53.6 Å². The highest BCUT2D eigenvalue weighted by molar-refractivity contribution is 7.87. The number of pyridine rings is 1. The van der Waals surface area contributed by atoms with Crippen LogP contribution in [0.5, 0.6) is 11.5 Å². The number of methoxy groups -OCH3 is 1. The number of rotatable bonds is 5. The molecule has 0 spiro atoms. The summed E-state index contributed by atoms with van der Waals surface area (Å²) in [7, 11) is -3.09. The molecule has 26 heavy (non-hydrogen) atoms. The standard InChI is InChI=1S/C16H11ClN2O6S/c1-24-14-6-4-10(9-13(14)19(20)21)26(22,23)25-15-7-5-12(17)11-3-2-8-18-16(11)15/h2-9H,1H3. The van der Waals surface area contributed by atoms with Gasteiger partial charge in [-0.15, -0.1) is 0 Å². The monoisotopic (exact) mass is 394 g/mol. The molecule has 0 atom stereocenters. The van der Waals surface area contributed by atoms with Crippen LogP contribution in [0.1, 0.15) is 0 Å². The average Bonchev–Trinajstić information content (AvgIpc) is 2.63. The van der Waals surface area contributed by atoms with Gasteiger partial charge in [-0.3, -0.25) is 15.1 Å². The van der Waals surface area contributed by atoms with Crippen LogP contribution >= 0.6 is 11.6 Å². The molecule has 0 aliphatic heterocycles. The molecule has 10 heteroatoms. The van der Waals surface area contributed by atoms with Gasteiger partial charge in [0.2, 0.25) is 0 Å². The number of ether oxygens (including phenoxy) is 1. The number of halogens is 1. The summed E-state index contributed by atoms with van der Waals surface area (Å²) in [5, 5.41) is 12.0. The first-order chi connectivity index (χ1) is 12.3. The molecule has 0 bridgehead atoms. The maximum absolute atomic E-state index is 12.6. The zero-order valence-electron chi connectivity index (χ0n) is 13.2. The lowest BCUT2D eigenvalue weighted by Crippen LogP contribution is -2.11. The lowest BCUT2D eigenvalue weighted by molar-refractivity contribution is -0.386. The van der Waals surface area contributed by atoms with Crippen molar-refractivity contribution in [3.8, 4) is 11.5 Å². The van der Waals surface area contributed by atoms with Crippen LogP contribution < -0.4 is 8.92 Å². The van der Waals surface area contributed by atoms with Gasteiger partial charge in [-0.1, -0.05) is 11.6 Å². The third kappa shape index (κ3) is 3.26.